The molecule has 1 aliphatic rings. The van der Waals surface area contributed by atoms with E-state index in [1.165, 1.54) is 18.2 Å². The summed E-state index contributed by atoms with van der Waals surface area (Å²) in [4.78, 5) is 12.0. The van der Waals surface area contributed by atoms with Crippen LogP contribution >= 0.6 is 0 Å². The summed E-state index contributed by atoms with van der Waals surface area (Å²) in [5, 5.41) is 2.50. The number of carbonyl (C=O) groups is 1. The molecule has 0 radical (unpaired) electrons. The molecule has 1 heterocycles. The van der Waals surface area contributed by atoms with Crippen LogP contribution in [0.1, 0.15) is 21.5 Å². The number of para-hydroxylation sites is 1. The van der Waals surface area contributed by atoms with Crippen molar-refractivity contribution in [2.75, 3.05) is 16.2 Å². The van der Waals surface area contributed by atoms with Crippen LogP contribution in [0.15, 0.2) is 65.6 Å². The summed E-state index contributed by atoms with van der Waals surface area (Å²) < 4.78 is 55.6. The van der Waals surface area contributed by atoms with Gasteiger partial charge in [0.1, 0.15) is 16.5 Å². The summed E-state index contributed by atoms with van der Waals surface area (Å²) in [5.74, 6) is -2.10. The molecule has 0 saturated carbocycles. The number of fused-ring (bicyclic) bond motifs is 1. The van der Waals surface area contributed by atoms with Gasteiger partial charge in [0.2, 0.25) is 0 Å². The standard InChI is InChI=1S/C22H18F2N2O3S/c1-14-6-8-17(13-19(14)24)25-22(27)16-7-9-18(23)21(12-16)30(28,29)26-11-10-15-4-2-3-5-20(15)26/h2-9,12-13H,10-11H2,1H3,(H,25,27). The summed E-state index contributed by atoms with van der Waals surface area (Å²) in [5.41, 5.74) is 1.95. The molecule has 0 spiro atoms. The van der Waals surface area contributed by atoms with Crippen LogP contribution in [0.3, 0.4) is 0 Å². The molecule has 3 aromatic carbocycles. The Morgan fingerprint density at radius 2 is 1.77 bits per heavy atom. The van der Waals surface area contributed by atoms with Gasteiger partial charge in [0, 0.05) is 17.8 Å². The van der Waals surface area contributed by atoms with Gasteiger partial charge in [0.05, 0.1) is 5.69 Å². The Morgan fingerprint density at radius 3 is 2.53 bits per heavy atom. The first-order valence-electron chi connectivity index (χ1n) is 9.25. The van der Waals surface area contributed by atoms with Crippen molar-refractivity contribution < 1.29 is 22.0 Å². The van der Waals surface area contributed by atoms with Crippen LogP contribution in [-0.4, -0.2) is 20.9 Å². The fourth-order valence-electron chi connectivity index (χ4n) is 3.39. The van der Waals surface area contributed by atoms with Crippen molar-refractivity contribution in [2.45, 2.75) is 18.2 Å². The third kappa shape index (κ3) is 3.54. The molecule has 0 bridgehead atoms. The normalized spacial score (nSPS) is 13.2. The number of anilines is 2. The molecule has 5 nitrogen and oxygen atoms in total. The maximum Gasteiger partial charge on any atom is 0.267 e. The zero-order valence-electron chi connectivity index (χ0n) is 16.0. The minimum absolute atomic E-state index is 0.0524. The van der Waals surface area contributed by atoms with Crippen molar-refractivity contribution in [2.24, 2.45) is 0 Å². The van der Waals surface area contributed by atoms with E-state index >= 15 is 0 Å². The van der Waals surface area contributed by atoms with E-state index < -0.39 is 32.5 Å². The number of halogens is 2. The second kappa shape index (κ2) is 7.53. The number of hydrogen-bond acceptors (Lipinski definition) is 3. The van der Waals surface area contributed by atoms with Crippen molar-refractivity contribution in [1.29, 1.82) is 0 Å². The molecule has 4 rings (SSSR count). The van der Waals surface area contributed by atoms with E-state index in [1.54, 1.807) is 19.1 Å². The molecule has 0 aromatic heterocycles. The minimum Gasteiger partial charge on any atom is -0.322 e. The van der Waals surface area contributed by atoms with Gasteiger partial charge in [-0.2, -0.15) is 0 Å². The van der Waals surface area contributed by atoms with Gasteiger partial charge in [-0.3, -0.25) is 9.10 Å². The highest BCUT2D eigenvalue weighted by Gasteiger charge is 2.33. The Bertz CT molecular complexity index is 1260. The highest BCUT2D eigenvalue weighted by Crippen LogP contribution is 2.33. The Kier molecular flexibility index (Phi) is 5.03. The molecular weight excluding hydrogens is 410 g/mol. The molecule has 0 saturated heterocycles. The molecule has 30 heavy (non-hydrogen) atoms. The van der Waals surface area contributed by atoms with Crippen LogP contribution in [0.25, 0.3) is 0 Å². The van der Waals surface area contributed by atoms with Gasteiger partial charge >= 0.3 is 0 Å². The summed E-state index contributed by atoms with van der Waals surface area (Å²) in [7, 11) is -4.21. The monoisotopic (exact) mass is 428 g/mol. The number of carbonyl (C=O) groups excluding carboxylic acids is 1. The fraction of sp³-hybridized carbons (Fsp3) is 0.136. The molecule has 0 unspecified atom stereocenters. The second-order valence-corrected chi connectivity index (χ2v) is 8.85. The van der Waals surface area contributed by atoms with E-state index in [0.29, 0.717) is 17.7 Å². The largest absolute Gasteiger partial charge is 0.322 e. The van der Waals surface area contributed by atoms with Crippen molar-refractivity contribution in [3.05, 3.63) is 89.0 Å². The van der Waals surface area contributed by atoms with Gasteiger partial charge in [-0.05, 0) is 60.9 Å². The van der Waals surface area contributed by atoms with Crippen LogP contribution in [0.5, 0.6) is 0 Å². The van der Waals surface area contributed by atoms with Crippen molar-refractivity contribution in [1.82, 2.24) is 0 Å². The lowest BCUT2D eigenvalue weighted by Crippen LogP contribution is -2.30. The molecule has 0 fully saturated rings. The predicted molar refractivity (Wildman–Crippen MR) is 110 cm³/mol. The van der Waals surface area contributed by atoms with Gasteiger partial charge < -0.3 is 5.32 Å². The van der Waals surface area contributed by atoms with Crippen molar-refractivity contribution in [3.63, 3.8) is 0 Å². The number of amides is 1. The average Bonchev–Trinajstić information content (AvgIpc) is 3.16. The van der Waals surface area contributed by atoms with Crippen LogP contribution in [0.4, 0.5) is 20.2 Å². The third-order valence-electron chi connectivity index (χ3n) is 5.04. The van der Waals surface area contributed by atoms with E-state index in [-0.39, 0.29) is 17.8 Å². The Balaban J connectivity index is 1.66. The summed E-state index contributed by atoms with van der Waals surface area (Å²) >= 11 is 0. The minimum atomic E-state index is -4.21. The number of rotatable bonds is 4. The van der Waals surface area contributed by atoms with E-state index in [0.717, 1.165) is 28.1 Å². The maximum atomic E-state index is 14.5. The van der Waals surface area contributed by atoms with E-state index in [4.69, 9.17) is 0 Å². The predicted octanol–water partition coefficient (Wildman–Crippen LogP) is 4.28. The van der Waals surface area contributed by atoms with Crippen molar-refractivity contribution in [3.8, 4) is 0 Å². The topological polar surface area (TPSA) is 66.5 Å². The number of hydrogen-bond donors (Lipinski definition) is 1. The van der Waals surface area contributed by atoms with Crippen LogP contribution in [0.2, 0.25) is 0 Å². The molecule has 0 aliphatic carbocycles. The maximum absolute atomic E-state index is 14.5. The third-order valence-corrected chi connectivity index (χ3v) is 6.86. The Labute approximate surface area is 173 Å². The number of aryl methyl sites for hydroxylation is 1. The van der Waals surface area contributed by atoms with Crippen molar-refractivity contribution >= 4 is 27.3 Å². The molecule has 0 atom stereocenters. The molecule has 1 N–H and O–H groups in total. The van der Waals surface area contributed by atoms with Crippen LogP contribution < -0.4 is 9.62 Å². The Hall–Kier alpha value is -3.26. The Morgan fingerprint density at radius 1 is 1.00 bits per heavy atom. The highest BCUT2D eigenvalue weighted by atomic mass is 32.2. The lowest BCUT2D eigenvalue weighted by molar-refractivity contribution is 0.102. The van der Waals surface area contributed by atoms with E-state index in [2.05, 4.69) is 5.32 Å². The summed E-state index contributed by atoms with van der Waals surface area (Å²) in [6.45, 7) is 1.79. The van der Waals surface area contributed by atoms with E-state index in [1.807, 2.05) is 12.1 Å². The zero-order valence-corrected chi connectivity index (χ0v) is 16.8. The molecule has 154 valence electrons. The molecular formula is C22H18F2N2O3S. The summed E-state index contributed by atoms with van der Waals surface area (Å²) in [6, 6.07) is 14.4. The van der Waals surface area contributed by atoms with Gasteiger partial charge in [0.25, 0.3) is 15.9 Å². The van der Waals surface area contributed by atoms with E-state index in [9.17, 15) is 22.0 Å². The quantitative estimate of drug-likeness (QED) is 0.675. The van der Waals surface area contributed by atoms with Gasteiger partial charge in [0.15, 0.2) is 0 Å². The molecule has 3 aromatic rings. The smallest absolute Gasteiger partial charge is 0.267 e. The first kappa shape index (κ1) is 20.0. The zero-order chi connectivity index (χ0) is 21.5. The number of nitrogens with zero attached hydrogens (tertiary/aromatic N) is 1. The SMILES string of the molecule is Cc1ccc(NC(=O)c2ccc(F)c(S(=O)(=O)N3CCc4ccccc43)c2)cc1F. The van der Waals surface area contributed by atoms with Gasteiger partial charge in [-0.1, -0.05) is 24.3 Å². The summed E-state index contributed by atoms with van der Waals surface area (Å²) in [6.07, 6.45) is 0.524. The fourth-order valence-corrected chi connectivity index (χ4v) is 4.99. The van der Waals surface area contributed by atoms with Gasteiger partial charge in [-0.25, -0.2) is 17.2 Å². The lowest BCUT2D eigenvalue weighted by Gasteiger charge is -2.20. The van der Waals surface area contributed by atoms with Crippen LogP contribution in [0, 0.1) is 18.6 Å². The number of sulfonamides is 1. The number of nitrogens with one attached hydrogen (secondary N) is 1. The molecule has 8 heteroatoms. The average molecular weight is 428 g/mol. The highest BCUT2D eigenvalue weighted by molar-refractivity contribution is 7.92. The molecule has 1 amide bonds. The lowest BCUT2D eigenvalue weighted by atomic mass is 10.2. The first-order valence-corrected chi connectivity index (χ1v) is 10.7. The first-order chi connectivity index (χ1) is 14.3. The number of benzene rings is 3. The van der Waals surface area contributed by atoms with Gasteiger partial charge in [-0.15, -0.1) is 0 Å². The van der Waals surface area contributed by atoms with Crippen LogP contribution in [-0.2, 0) is 16.4 Å². The molecule has 1 aliphatic heterocycles. The second-order valence-electron chi connectivity index (χ2n) is 7.02.